The van der Waals surface area contributed by atoms with Crippen molar-refractivity contribution in [1.82, 2.24) is 5.32 Å². The van der Waals surface area contributed by atoms with E-state index < -0.39 is 0 Å². The van der Waals surface area contributed by atoms with E-state index in [1.165, 1.54) is 0 Å². The second kappa shape index (κ2) is 4.73. The molecule has 3 heteroatoms. The maximum atomic E-state index is 5.48. The largest absolute Gasteiger partial charge is 0.327 e. The average molecular weight is 131 g/mol. The molecule has 0 saturated carbocycles. The molecule has 0 aromatic rings. The maximum Gasteiger partial charge on any atom is 0.0136 e. The number of nitrogens with two attached hydrogens (primary N) is 2. The summed E-state index contributed by atoms with van der Waals surface area (Å²) < 4.78 is 0. The molecule has 0 aliphatic rings. The molecule has 0 heterocycles. The van der Waals surface area contributed by atoms with Gasteiger partial charge in [-0.25, -0.2) is 0 Å². The van der Waals surface area contributed by atoms with Gasteiger partial charge in [-0.15, -0.1) is 0 Å². The molecular formula is C6H17N3. The average Bonchev–Trinajstić information content (AvgIpc) is 1.63. The first-order valence-electron chi connectivity index (χ1n) is 3.34. The van der Waals surface area contributed by atoms with E-state index in [9.17, 15) is 0 Å². The first-order valence-corrected chi connectivity index (χ1v) is 3.34. The van der Waals surface area contributed by atoms with Gasteiger partial charge >= 0.3 is 0 Å². The summed E-state index contributed by atoms with van der Waals surface area (Å²) >= 11 is 0. The van der Waals surface area contributed by atoms with E-state index in [0.29, 0.717) is 0 Å². The molecule has 56 valence electrons. The molecule has 0 radical (unpaired) electrons. The zero-order valence-electron chi connectivity index (χ0n) is 6.22. The van der Waals surface area contributed by atoms with Gasteiger partial charge in [0.25, 0.3) is 0 Å². The van der Waals surface area contributed by atoms with Crippen LogP contribution in [0.1, 0.15) is 13.8 Å². The molecule has 0 rings (SSSR count). The second-order valence-corrected chi connectivity index (χ2v) is 2.61. The van der Waals surface area contributed by atoms with Crippen LogP contribution in [0.2, 0.25) is 0 Å². The van der Waals surface area contributed by atoms with Crippen LogP contribution in [0, 0.1) is 0 Å². The Morgan fingerprint density at radius 2 is 1.44 bits per heavy atom. The van der Waals surface area contributed by atoms with Crippen LogP contribution in [0.4, 0.5) is 0 Å². The fourth-order valence-electron chi connectivity index (χ4n) is 0.539. The van der Waals surface area contributed by atoms with Crippen molar-refractivity contribution < 1.29 is 0 Å². The van der Waals surface area contributed by atoms with E-state index in [2.05, 4.69) is 5.32 Å². The molecule has 0 amide bonds. The van der Waals surface area contributed by atoms with Crippen LogP contribution in [0.25, 0.3) is 0 Å². The van der Waals surface area contributed by atoms with Crippen molar-refractivity contribution in [1.29, 1.82) is 0 Å². The fourth-order valence-corrected chi connectivity index (χ4v) is 0.539. The molecule has 0 fully saturated rings. The lowest BCUT2D eigenvalue weighted by atomic mass is 10.3. The van der Waals surface area contributed by atoms with Crippen molar-refractivity contribution in [2.45, 2.75) is 25.9 Å². The third kappa shape index (κ3) is 7.88. The van der Waals surface area contributed by atoms with Crippen LogP contribution >= 0.6 is 0 Å². The van der Waals surface area contributed by atoms with Gasteiger partial charge in [-0.3, -0.25) is 0 Å². The van der Waals surface area contributed by atoms with Gasteiger partial charge < -0.3 is 16.8 Å². The van der Waals surface area contributed by atoms with Crippen LogP contribution in [-0.2, 0) is 0 Å². The third-order valence-corrected chi connectivity index (χ3v) is 0.933. The third-order valence-electron chi connectivity index (χ3n) is 0.933. The second-order valence-electron chi connectivity index (χ2n) is 2.61. The first-order chi connectivity index (χ1) is 4.13. The quantitative estimate of drug-likeness (QED) is 0.471. The molecular weight excluding hydrogens is 114 g/mol. The lowest BCUT2D eigenvalue weighted by Gasteiger charge is -2.08. The van der Waals surface area contributed by atoms with E-state index in [0.717, 1.165) is 13.1 Å². The Morgan fingerprint density at radius 3 is 1.67 bits per heavy atom. The van der Waals surface area contributed by atoms with Gasteiger partial charge in [0.15, 0.2) is 0 Å². The minimum absolute atomic E-state index is 0.226. The zero-order chi connectivity index (χ0) is 7.28. The van der Waals surface area contributed by atoms with Crippen LogP contribution in [-0.4, -0.2) is 25.2 Å². The van der Waals surface area contributed by atoms with E-state index in [1.807, 2.05) is 13.8 Å². The first kappa shape index (κ1) is 8.88. The molecule has 0 bridgehead atoms. The standard InChI is InChI=1S/C6H17N3/c1-5(7)3-9-4-6(2)8/h5-6,9H,3-4,7-8H2,1-2H3/t5-,6?/m0/s1. The summed E-state index contributed by atoms with van der Waals surface area (Å²) in [5.74, 6) is 0. The number of hydrogen-bond acceptors (Lipinski definition) is 3. The smallest absolute Gasteiger partial charge is 0.0136 e. The Kier molecular flexibility index (Phi) is 4.67. The van der Waals surface area contributed by atoms with Crippen LogP contribution < -0.4 is 16.8 Å². The number of nitrogens with one attached hydrogen (secondary N) is 1. The monoisotopic (exact) mass is 131 g/mol. The molecule has 2 atom stereocenters. The van der Waals surface area contributed by atoms with E-state index >= 15 is 0 Å². The Hall–Kier alpha value is -0.120. The molecule has 3 nitrogen and oxygen atoms in total. The summed E-state index contributed by atoms with van der Waals surface area (Å²) in [5.41, 5.74) is 11.0. The van der Waals surface area contributed by atoms with E-state index in [-0.39, 0.29) is 12.1 Å². The molecule has 0 aliphatic carbocycles. The van der Waals surface area contributed by atoms with Gasteiger partial charge in [-0.05, 0) is 13.8 Å². The predicted molar refractivity (Wildman–Crippen MR) is 40.2 cm³/mol. The minimum Gasteiger partial charge on any atom is -0.327 e. The van der Waals surface area contributed by atoms with Crippen LogP contribution in [0.5, 0.6) is 0 Å². The fraction of sp³-hybridized carbons (Fsp3) is 1.00. The van der Waals surface area contributed by atoms with Crippen LogP contribution in [0.3, 0.4) is 0 Å². The van der Waals surface area contributed by atoms with Crippen molar-refractivity contribution in [2.75, 3.05) is 13.1 Å². The van der Waals surface area contributed by atoms with Gasteiger partial charge in [0, 0.05) is 25.2 Å². The van der Waals surface area contributed by atoms with E-state index in [1.54, 1.807) is 0 Å². The Labute approximate surface area is 56.8 Å². The highest BCUT2D eigenvalue weighted by atomic mass is 14.9. The van der Waals surface area contributed by atoms with Gasteiger partial charge in [0.2, 0.25) is 0 Å². The molecule has 0 aromatic carbocycles. The zero-order valence-corrected chi connectivity index (χ0v) is 6.22. The number of rotatable bonds is 4. The molecule has 0 aromatic heterocycles. The Morgan fingerprint density at radius 1 is 1.11 bits per heavy atom. The highest BCUT2D eigenvalue weighted by Gasteiger charge is 1.94. The summed E-state index contributed by atoms with van der Waals surface area (Å²) in [4.78, 5) is 0. The summed E-state index contributed by atoms with van der Waals surface area (Å²) in [6.07, 6.45) is 0. The molecule has 0 saturated heterocycles. The molecule has 5 N–H and O–H groups in total. The van der Waals surface area contributed by atoms with Gasteiger partial charge in [-0.1, -0.05) is 0 Å². The molecule has 1 unspecified atom stereocenters. The van der Waals surface area contributed by atoms with Crippen molar-refractivity contribution in [3.05, 3.63) is 0 Å². The van der Waals surface area contributed by atoms with Crippen molar-refractivity contribution >= 4 is 0 Å². The van der Waals surface area contributed by atoms with Crippen LogP contribution in [0.15, 0.2) is 0 Å². The molecule has 9 heavy (non-hydrogen) atoms. The maximum absolute atomic E-state index is 5.48. The summed E-state index contributed by atoms with van der Waals surface area (Å²) in [6, 6.07) is 0.451. The number of hydrogen-bond donors (Lipinski definition) is 3. The van der Waals surface area contributed by atoms with Gasteiger partial charge in [0.1, 0.15) is 0 Å². The predicted octanol–water partition coefficient (Wildman–Crippen LogP) is -0.730. The lowest BCUT2D eigenvalue weighted by Crippen LogP contribution is -2.37. The molecule has 0 aliphatic heterocycles. The van der Waals surface area contributed by atoms with Crippen molar-refractivity contribution in [2.24, 2.45) is 11.5 Å². The minimum atomic E-state index is 0.226. The Balaban J connectivity index is 2.91. The lowest BCUT2D eigenvalue weighted by molar-refractivity contribution is 0.567. The van der Waals surface area contributed by atoms with Gasteiger partial charge in [-0.2, -0.15) is 0 Å². The molecule has 0 spiro atoms. The normalized spacial score (nSPS) is 17.3. The van der Waals surface area contributed by atoms with Crippen molar-refractivity contribution in [3.63, 3.8) is 0 Å². The van der Waals surface area contributed by atoms with Gasteiger partial charge in [0.05, 0.1) is 0 Å². The summed E-state index contributed by atoms with van der Waals surface area (Å²) in [6.45, 7) is 5.63. The highest BCUT2D eigenvalue weighted by Crippen LogP contribution is 1.72. The topological polar surface area (TPSA) is 64.1 Å². The highest BCUT2D eigenvalue weighted by molar-refractivity contribution is 4.61. The van der Waals surface area contributed by atoms with Crippen molar-refractivity contribution in [3.8, 4) is 0 Å². The summed E-state index contributed by atoms with van der Waals surface area (Å²) in [7, 11) is 0. The van der Waals surface area contributed by atoms with E-state index in [4.69, 9.17) is 11.5 Å². The summed E-state index contributed by atoms with van der Waals surface area (Å²) in [5, 5.41) is 3.13. The Bertz CT molecular complexity index is 53.3. The SMILES string of the molecule is CC(N)CNC[C@H](C)N.